The molecular formula is C26H28O2. The SMILES string of the molecule is O=C1O/C(=C(\c2ccccc2)C2CCCC2)C1(c1ccccc1)C1CCCC1. The molecule has 2 heteroatoms. The largest absolute Gasteiger partial charge is 0.428 e. The molecule has 0 N–H and O–H groups in total. The fourth-order valence-electron chi connectivity index (χ4n) is 5.85. The quantitative estimate of drug-likeness (QED) is 0.591. The summed E-state index contributed by atoms with van der Waals surface area (Å²) in [5.74, 6) is 1.78. The van der Waals surface area contributed by atoms with Crippen molar-refractivity contribution in [3.05, 3.63) is 77.5 Å². The van der Waals surface area contributed by atoms with Crippen LogP contribution in [0.25, 0.3) is 5.57 Å². The Bertz CT molecular complexity index is 871. The Kier molecular flexibility index (Phi) is 4.58. The van der Waals surface area contributed by atoms with Crippen LogP contribution in [-0.2, 0) is 14.9 Å². The highest BCUT2D eigenvalue weighted by molar-refractivity contribution is 5.99. The van der Waals surface area contributed by atoms with Gasteiger partial charge in [0.05, 0.1) is 0 Å². The highest BCUT2D eigenvalue weighted by Crippen LogP contribution is 2.57. The van der Waals surface area contributed by atoms with E-state index < -0.39 is 5.41 Å². The fraction of sp³-hybridized carbons (Fsp3) is 0.423. The topological polar surface area (TPSA) is 26.3 Å². The second-order valence-electron chi connectivity index (χ2n) is 8.64. The first-order valence-electron chi connectivity index (χ1n) is 10.9. The lowest BCUT2D eigenvalue weighted by molar-refractivity contribution is -0.164. The van der Waals surface area contributed by atoms with Crippen molar-refractivity contribution in [2.75, 3.05) is 0 Å². The summed E-state index contributed by atoms with van der Waals surface area (Å²) in [5.41, 5.74) is 3.08. The van der Waals surface area contributed by atoms with Gasteiger partial charge in [-0.3, -0.25) is 4.79 Å². The van der Waals surface area contributed by atoms with Crippen molar-refractivity contribution in [1.29, 1.82) is 0 Å². The highest BCUT2D eigenvalue weighted by Gasteiger charge is 2.62. The van der Waals surface area contributed by atoms with E-state index in [9.17, 15) is 4.79 Å². The molecule has 2 aromatic carbocycles. The van der Waals surface area contributed by atoms with E-state index in [0.717, 1.165) is 24.2 Å². The summed E-state index contributed by atoms with van der Waals surface area (Å²) in [6, 6.07) is 21.1. The van der Waals surface area contributed by atoms with Crippen molar-refractivity contribution >= 4 is 11.5 Å². The lowest BCUT2D eigenvalue weighted by Gasteiger charge is -2.47. The van der Waals surface area contributed by atoms with Crippen molar-refractivity contribution in [2.24, 2.45) is 11.8 Å². The normalized spacial score (nSPS) is 27.5. The predicted octanol–water partition coefficient (Wildman–Crippen LogP) is 6.27. The van der Waals surface area contributed by atoms with Crippen molar-refractivity contribution < 1.29 is 9.53 Å². The van der Waals surface area contributed by atoms with Crippen molar-refractivity contribution in [1.82, 2.24) is 0 Å². The monoisotopic (exact) mass is 372 g/mol. The van der Waals surface area contributed by atoms with Gasteiger partial charge in [0.2, 0.25) is 0 Å². The number of rotatable bonds is 4. The predicted molar refractivity (Wildman–Crippen MR) is 111 cm³/mol. The Labute approximate surface area is 167 Å². The summed E-state index contributed by atoms with van der Waals surface area (Å²) in [4.78, 5) is 13.2. The van der Waals surface area contributed by atoms with E-state index in [2.05, 4.69) is 54.6 Å². The number of esters is 1. The molecule has 3 fully saturated rings. The first-order valence-corrected chi connectivity index (χ1v) is 10.9. The minimum Gasteiger partial charge on any atom is -0.428 e. The standard InChI is InChI=1S/C26H28O2/c27-25-26(22-17-9-10-18-22,21-15-5-2-6-16-21)24(28-25)23(20-13-7-8-14-20)19-11-3-1-4-12-19/h1-6,11-12,15-16,20,22H,7-10,13-14,17-18H2/b24-23+. The zero-order valence-electron chi connectivity index (χ0n) is 16.4. The van der Waals surface area contributed by atoms with E-state index in [4.69, 9.17) is 4.74 Å². The molecule has 2 aliphatic carbocycles. The number of hydrogen-bond donors (Lipinski definition) is 0. The molecule has 0 spiro atoms. The second kappa shape index (κ2) is 7.24. The molecule has 1 atom stereocenters. The number of benzene rings is 2. The summed E-state index contributed by atoms with van der Waals surface area (Å²) in [7, 11) is 0. The molecule has 5 rings (SSSR count). The molecule has 0 amide bonds. The molecule has 0 aromatic heterocycles. The molecule has 2 saturated carbocycles. The van der Waals surface area contributed by atoms with Crippen LogP contribution in [-0.4, -0.2) is 5.97 Å². The zero-order valence-corrected chi connectivity index (χ0v) is 16.4. The molecular weight excluding hydrogens is 344 g/mol. The number of carbonyl (C=O) groups excluding carboxylic acids is 1. The summed E-state index contributed by atoms with van der Waals surface area (Å²) in [5, 5.41) is 0. The van der Waals surface area contributed by atoms with Gasteiger partial charge in [0, 0.05) is 5.57 Å². The summed E-state index contributed by atoms with van der Waals surface area (Å²) >= 11 is 0. The maximum Gasteiger partial charge on any atom is 0.329 e. The van der Waals surface area contributed by atoms with E-state index in [0.29, 0.717) is 11.8 Å². The first kappa shape index (κ1) is 17.7. The maximum atomic E-state index is 13.2. The molecule has 144 valence electrons. The second-order valence-corrected chi connectivity index (χ2v) is 8.64. The van der Waals surface area contributed by atoms with Crippen LogP contribution in [0.5, 0.6) is 0 Å². The average Bonchev–Trinajstić information content (AvgIpc) is 3.45. The lowest BCUT2D eigenvalue weighted by atomic mass is 9.62. The van der Waals surface area contributed by atoms with Crippen LogP contribution >= 0.6 is 0 Å². The van der Waals surface area contributed by atoms with Crippen LogP contribution in [0.3, 0.4) is 0 Å². The number of carbonyl (C=O) groups is 1. The Morgan fingerprint density at radius 3 is 1.96 bits per heavy atom. The van der Waals surface area contributed by atoms with Gasteiger partial charge >= 0.3 is 5.97 Å². The molecule has 2 aromatic rings. The Hall–Kier alpha value is -2.35. The van der Waals surface area contributed by atoms with E-state index in [1.807, 2.05) is 6.07 Å². The molecule has 28 heavy (non-hydrogen) atoms. The van der Waals surface area contributed by atoms with Crippen LogP contribution < -0.4 is 0 Å². The van der Waals surface area contributed by atoms with Crippen molar-refractivity contribution in [2.45, 2.75) is 56.8 Å². The molecule has 3 aliphatic rings. The van der Waals surface area contributed by atoms with Gasteiger partial charge in [-0.2, -0.15) is 0 Å². The minimum absolute atomic E-state index is 0.0352. The Morgan fingerprint density at radius 1 is 0.786 bits per heavy atom. The minimum atomic E-state index is -0.578. The summed E-state index contributed by atoms with van der Waals surface area (Å²) < 4.78 is 5.99. The summed E-state index contributed by atoms with van der Waals surface area (Å²) in [6.07, 6.45) is 9.57. The lowest BCUT2D eigenvalue weighted by Crippen LogP contribution is -2.55. The van der Waals surface area contributed by atoms with Crippen LogP contribution in [0.4, 0.5) is 0 Å². The van der Waals surface area contributed by atoms with Gasteiger partial charge in [0.25, 0.3) is 0 Å². The van der Waals surface area contributed by atoms with E-state index >= 15 is 0 Å². The van der Waals surface area contributed by atoms with E-state index in [1.165, 1.54) is 49.7 Å². The molecule has 1 unspecified atom stereocenters. The fourth-order valence-corrected chi connectivity index (χ4v) is 5.85. The third kappa shape index (κ3) is 2.65. The maximum absolute atomic E-state index is 13.2. The first-order chi connectivity index (χ1) is 13.8. The number of cyclic esters (lactones) is 1. The third-order valence-corrected chi connectivity index (χ3v) is 7.16. The van der Waals surface area contributed by atoms with Gasteiger partial charge < -0.3 is 4.74 Å². The van der Waals surface area contributed by atoms with Crippen LogP contribution in [0.2, 0.25) is 0 Å². The molecule has 0 bridgehead atoms. The average molecular weight is 373 g/mol. The van der Waals surface area contributed by atoms with Crippen LogP contribution in [0.1, 0.15) is 62.5 Å². The van der Waals surface area contributed by atoms with Crippen LogP contribution in [0.15, 0.2) is 66.4 Å². The molecule has 0 radical (unpaired) electrons. The zero-order chi connectivity index (χ0) is 19.0. The van der Waals surface area contributed by atoms with Gasteiger partial charge in [-0.15, -0.1) is 0 Å². The molecule has 1 aliphatic heterocycles. The number of hydrogen-bond acceptors (Lipinski definition) is 2. The highest BCUT2D eigenvalue weighted by atomic mass is 16.6. The number of allylic oxidation sites excluding steroid dienone is 1. The van der Waals surface area contributed by atoms with E-state index in [1.54, 1.807) is 0 Å². The van der Waals surface area contributed by atoms with Gasteiger partial charge in [-0.1, -0.05) is 86.3 Å². The molecule has 2 nitrogen and oxygen atoms in total. The summed E-state index contributed by atoms with van der Waals surface area (Å²) in [6.45, 7) is 0. The van der Waals surface area contributed by atoms with Gasteiger partial charge in [-0.25, -0.2) is 0 Å². The van der Waals surface area contributed by atoms with Gasteiger partial charge in [-0.05, 0) is 48.6 Å². The van der Waals surface area contributed by atoms with Crippen molar-refractivity contribution in [3.8, 4) is 0 Å². The molecule has 1 saturated heterocycles. The van der Waals surface area contributed by atoms with Gasteiger partial charge in [0.15, 0.2) is 5.41 Å². The number of ether oxygens (including phenoxy) is 1. The van der Waals surface area contributed by atoms with Gasteiger partial charge in [0.1, 0.15) is 5.76 Å². The third-order valence-electron chi connectivity index (χ3n) is 7.16. The smallest absolute Gasteiger partial charge is 0.329 e. The Morgan fingerprint density at radius 2 is 1.36 bits per heavy atom. The Balaban J connectivity index is 1.74. The van der Waals surface area contributed by atoms with Crippen molar-refractivity contribution in [3.63, 3.8) is 0 Å². The van der Waals surface area contributed by atoms with E-state index in [-0.39, 0.29) is 5.97 Å². The molecule has 1 heterocycles. The van der Waals surface area contributed by atoms with Crippen LogP contribution in [0, 0.1) is 11.8 Å².